The average Bonchev–Trinajstić information content (AvgIpc) is 3.14. The van der Waals surface area contributed by atoms with E-state index in [4.69, 9.17) is 4.74 Å². The van der Waals surface area contributed by atoms with Gasteiger partial charge in [-0.1, -0.05) is 36.4 Å². The van der Waals surface area contributed by atoms with Crippen LogP contribution in [0.15, 0.2) is 60.7 Å². The van der Waals surface area contributed by atoms with E-state index < -0.39 is 5.60 Å². The summed E-state index contributed by atoms with van der Waals surface area (Å²) in [7, 11) is 0. The molecule has 2 aromatic heterocycles. The van der Waals surface area contributed by atoms with E-state index in [0.717, 1.165) is 33.2 Å². The molecule has 126 valence electrons. The number of hydrogen-bond acceptors (Lipinski definition) is 2. The quantitative estimate of drug-likeness (QED) is 0.495. The maximum absolute atomic E-state index is 12.9. The Morgan fingerprint density at radius 1 is 0.960 bits per heavy atom. The number of carbonyl (C=O) groups is 1. The highest BCUT2D eigenvalue weighted by molar-refractivity contribution is 5.97. The summed E-state index contributed by atoms with van der Waals surface area (Å²) in [5.74, 6) is 0. The molecule has 0 unspecified atom stereocenters. The Kier molecular flexibility index (Phi) is 3.42. The Bertz CT molecular complexity index is 1050. The predicted octanol–water partition coefficient (Wildman–Crippen LogP) is 5.57. The van der Waals surface area contributed by atoms with Crippen molar-refractivity contribution in [3.05, 3.63) is 60.7 Å². The first-order valence-electron chi connectivity index (χ1n) is 8.34. The topological polar surface area (TPSA) is 47.0 Å². The van der Waals surface area contributed by atoms with Crippen molar-refractivity contribution >= 4 is 27.9 Å². The van der Waals surface area contributed by atoms with Gasteiger partial charge in [0.1, 0.15) is 5.60 Å². The van der Waals surface area contributed by atoms with Crippen molar-refractivity contribution in [2.75, 3.05) is 0 Å². The van der Waals surface area contributed by atoms with Crippen LogP contribution in [0, 0.1) is 0 Å². The molecule has 0 radical (unpaired) electrons. The maximum atomic E-state index is 12.9. The van der Waals surface area contributed by atoms with Crippen LogP contribution in [0.2, 0.25) is 0 Å². The lowest BCUT2D eigenvalue weighted by atomic mass is 10.2. The molecule has 0 spiro atoms. The molecule has 0 aliphatic heterocycles. The number of hydrogen-bond donors (Lipinski definition) is 1. The fourth-order valence-electron chi connectivity index (χ4n) is 3.07. The van der Waals surface area contributed by atoms with E-state index in [9.17, 15) is 4.79 Å². The van der Waals surface area contributed by atoms with Crippen LogP contribution in [0.25, 0.3) is 33.2 Å². The highest BCUT2D eigenvalue weighted by atomic mass is 16.6. The van der Waals surface area contributed by atoms with E-state index in [0.29, 0.717) is 0 Å². The highest BCUT2D eigenvalue weighted by Crippen LogP contribution is 2.30. The van der Waals surface area contributed by atoms with Crippen molar-refractivity contribution in [2.24, 2.45) is 0 Å². The van der Waals surface area contributed by atoms with Crippen molar-refractivity contribution in [1.82, 2.24) is 9.55 Å². The summed E-state index contributed by atoms with van der Waals surface area (Å²) in [5, 5.41) is 2.11. The fraction of sp³-hybridized carbons (Fsp3) is 0.190. The van der Waals surface area contributed by atoms with E-state index in [1.165, 1.54) is 0 Å². The Balaban J connectivity index is 1.93. The number of nitrogens with one attached hydrogen (secondary N) is 1. The van der Waals surface area contributed by atoms with Gasteiger partial charge in [0.05, 0.1) is 16.9 Å². The van der Waals surface area contributed by atoms with Gasteiger partial charge in [-0.3, -0.25) is 0 Å². The third-order valence-corrected chi connectivity index (χ3v) is 4.09. The minimum atomic E-state index is -0.555. The van der Waals surface area contributed by atoms with Crippen LogP contribution in [0.5, 0.6) is 0 Å². The van der Waals surface area contributed by atoms with Gasteiger partial charge in [-0.25, -0.2) is 9.36 Å². The normalized spacial score (nSPS) is 12.0. The van der Waals surface area contributed by atoms with Crippen molar-refractivity contribution in [1.29, 1.82) is 0 Å². The molecule has 0 bridgehead atoms. The molecule has 4 rings (SSSR count). The van der Waals surface area contributed by atoms with E-state index in [1.54, 1.807) is 4.57 Å². The fourth-order valence-corrected chi connectivity index (χ4v) is 3.07. The number of ether oxygens (including phenoxy) is 1. The number of rotatable bonds is 1. The summed E-state index contributed by atoms with van der Waals surface area (Å²) in [6.45, 7) is 5.62. The molecular formula is C21H20N2O2. The zero-order chi connectivity index (χ0) is 17.6. The number of aromatic nitrogens is 2. The molecule has 0 atom stereocenters. The van der Waals surface area contributed by atoms with Gasteiger partial charge in [0.25, 0.3) is 0 Å². The first kappa shape index (κ1) is 15.5. The summed E-state index contributed by atoms with van der Waals surface area (Å²) in [6, 6.07) is 20.0. The minimum Gasteiger partial charge on any atom is -0.443 e. The predicted molar refractivity (Wildman–Crippen MR) is 101 cm³/mol. The molecule has 1 N–H and O–H groups in total. The zero-order valence-electron chi connectivity index (χ0n) is 14.5. The standard InChI is InChI=1S/C21H20N2O2/c1-21(2,3)25-20(24)23-18-11-7-5-9-15(18)13-19(23)17-12-14-8-4-6-10-16(14)22-17/h4-13,22H,1-3H3. The molecule has 2 heterocycles. The van der Waals surface area contributed by atoms with Crippen molar-refractivity contribution in [3.63, 3.8) is 0 Å². The molecule has 0 amide bonds. The second-order valence-corrected chi connectivity index (χ2v) is 7.17. The van der Waals surface area contributed by atoms with Gasteiger partial charge < -0.3 is 9.72 Å². The molecule has 4 aromatic rings. The molecule has 0 fully saturated rings. The lowest BCUT2D eigenvalue weighted by molar-refractivity contribution is 0.0547. The van der Waals surface area contributed by atoms with E-state index in [2.05, 4.69) is 17.1 Å². The van der Waals surface area contributed by atoms with Crippen LogP contribution >= 0.6 is 0 Å². The summed E-state index contributed by atoms with van der Waals surface area (Å²) in [4.78, 5) is 16.3. The summed E-state index contributed by atoms with van der Waals surface area (Å²) in [5.41, 5.74) is 3.01. The highest BCUT2D eigenvalue weighted by Gasteiger charge is 2.23. The van der Waals surface area contributed by atoms with E-state index in [1.807, 2.05) is 69.3 Å². The van der Waals surface area contributed by atoms with Gasteiger partial charge in [-0.2, -0.15) is 0 Å². The molecule has 0 saturated heterocycles. The number of carbonyl (C=O) groups excluding carboxylic acids is 1. The third-order valence-electron chi connectivity index (χ3n) is 4.09. The smallest absolute Gasteiger partial charge is 0.419 e. The molecule has 4 heteroatoms. The first-order valence-corrected chi connectivity index (χ1v) is 8.34. The van der Waals surface area contributed by atoms with E-state index >= 15 is 0 Å². The number of aromatic amines is 1. The second-order valence-electron chi connectivity index (χ2n) is 7.17. The van der Waals surface area contributed by atoms with Crippen molar-refractivity contribution in [3.8, 4) is 11.4 Å². The Morgan fingerprint density at radius 2 is 1.64 bits per heavy atom. The van der Waals surface area contributed by atoms with Gasteiger partial charge in [0, 0.05) is 16.3 Å². The van der Waals surface area contributed by atoms with Crippen LogP contribution in [-0.4, -0.2) is 21.2 Å². The number of fused-ring (bicyclic) bond motifs is 2. The molecule has 0 aliphatic rings. The molecule has 0 saturated carbocycles. The zero-order valence-corrected chi connectivity index (χ0v) is 14.5. The SMILES string of the molecule is CC(C)(C)OC(=O)n1c(-c2cc3ccccc3[nH]2)cc2ccccc21. The first-order chi connectivity index (χ1) is 11.9. The number of nitrogens with zero attached hydrogens (tertiary/aromatic N) is 1. The number of benzene rings is 2. The molecule has 4 nitrogen and oxygen atoms in total. The van der Waals surface area contributed by atoms with Crippen LogP contribution in [0.1, 0.15) is 20.8 Å². The van der Waals surface area contributed by atoms with Gasteiger partial charge >= 0.3 is 6.09 Å². The van der Waals surface area contributed by atoms with Gasteiger partial charge in [-0.05, 0) is 45.0 Å². The van der Waals surface area contributed by atoms with Crippen molar-refractivity contribution < 1.29 is 9.53 Å². The largest absolute Gasteiger partial charge is 0.443 e. The molecule has 25 heavy (non-hydrogen) atoms. The summed E-state index contributed by atoms with van der Waals surface area (Å²) < 4.78 is 7.28. The van der Waals surface area contributed by atoms with Gasteiger partial charge in [0.15, 0.2) is 0 Å². The third kappa shape index (κ3) is 2.80. The molecule has 0 aliphatic carbocycles. The lowest BCUT2D eigenvalue weighted by Crippen LogP contribution is -2.27. The van der Waals surface area contributed by atoms with Crippen molar-refractivity contribution in [2.45, 2.75) is 26.4 Å². The van der Waals surface area contributed by atoms with Crippen LogP contribution in [-0.2, 0) is 4.74 Å². The Labute approximate surface area is 146 Å². The number of H-pyrrole nitrogens is 1. The van der Waals surface area contributed by atoms with Gasteiger partial charge in [0.2, 0.25) is 0 Å². The average molecular weight is 332 g/mol. The molecular weight excluding hydrogens is 312 g/mol. The Hall–Kier alpha value is -3.01. The second kappa shape index (κ2) is 5.52. The lowest BCUT2D eigenvalue weighted by Gasteiger charge is -2.20. The van der Waals surface area contributed by atoms with E-state index in [-0.39, 0.29) is 6.09 Å². The maximum Gasteiger partial charge on any atom is 0.419 e. The Morgan fingerprint density at radius 3 is 2.36 bits per heavy atom. The molecule has 2 aromatic carbocycles. The summed E-state index contributed by atoms with van der Waals surface area (Å²) >= 11 is 0. The summed E-state index contributed by atoms with van der Waals surface area (Å²) in [6.07, 6.45) is -0.373. The number of para-hydroxylation sites is 2. The monoisotopic (exact) mass is 332 g/mol. The van der Waals surface area contributed by atoms with Crippen LogP contribution in [0.4, 0.5) is 4.79 Å². The minimum absolute atomic E-state index is 0.373. The van der Waals surface area contributed by atoms with Crippen LogP contribution < -0.4 is 0 Å². The van der Waals surface area contributed by atoms with Gasteiger partial charge in [-0.15, -0.1) is 0 Å². The van der Waals surface area contributed by atoms with Crippen LogP contribution in [0.3, 0.4) is 0 Å².